The van der Waals surface area contributed by atoms with Gasteiger partial charge in [-0.1, -0.05) is 0 Å². The molecule has 20 heavy (non-hydrogen) atoms. The Bertz CT molecular complexity index is 209. The van der Waals surface area contributed by atoms with Crippen molar-refractivity contribution in [3.63, 3.8) is 0 Å². The number of rotatable bonds is 0. The van der Waals surface area contributed by atoms with Crippen molar-refractivity contribution in [2.75, 3.05) is 67.5 Å². The maximum absolute atomic E-state index is 2.51. The highest BCUT2D eigenvalue weighted by Crippen LogP contribution is 2.06. The molecule has 0 saturated carbocycles. The normalized spacial score (nSPS) is 32.1. The summed E-state index contributed by atoms with van der Waals surface area (Å²) in [5.41, 5.74) is 0. The van der Waals surface area contributed by atoms with Gasteiger partial charge < -0.3 is 19.6 Å². The van der Waals surface area contributed by atoms with Gasteiger partial charge in [0.25, 0.3) is 0 Å². The van der Waals surface area contributed by atoms with Crippen LogP contribution in [0.3, 0.4) is 0 Å². The van der Waals surface area contributed by atoms with E-state index < -0.39 is 0 Å². The monoisotopic (exact) mass is 284 g/mol. The molecule has 1 saturated heterocycles. The van der Waals surface area contributed by atoms with Crippen LogP contribution >= 0.6 is 0 Å². The highest BCUT2D eigenvalue weighted by atomic mass is 15.2. The molecule has 0 spiro atoms. The van der Waals surface area contributed by atoms with Gasteiger partial charge in [-0.3, -0.25) is 0 Å². The molecule has 1 aliphatic rings. The fraction of sp³-hybridized carbons (Fsp3) is 1.00. The lowest BCUT2D eigenvalue weighted by Crippen LogP contribution is -2.42. The van der Waals surface area contributed by atoms with Gasteiger partial charge in [-0.25, -0.2) is 0 Å². The van der Waals surface area contributed by atoms with E-state index in [2.05, 4.69) is 61.6 Å². The second-order valence-electron chi connectivity index (χ2n) is 6.84. The molecule has 2 atom stereocenters. The molecule has 0 unspecified atom stereocenters. The zero-order valence-corrected chi connectivity index (χ0v) is 14.6. The van der Waals surface area contributed by atoms with Crippen molar-refractivity contribution in [2.24, 2.45) is 0 Å². The summed E-state index contributed by atoms with van der Waals surface area (Å²) in [7, 11) is 9.04. The van der Waals surface area contributed by atoms with E-state index >= 15 is 0 Å². The van der Waals surface area contributed by atoms with E-state index in [1.165, 1.54) is 52.1 Å². The van der Waals surface area contributed by atoms with Gasteiger partial charge in [0.1, 0.15) is 0 Å². The average Bonchev–Trinajstić information content (AvgIpc) is 2.43. The molecule has 0 N–H and O–H groups in total. The van der Waals surface area contributed by atoms with Crippen LogP contribution in [0.4, 0.5) is 0 Å². The van der Waals surface area contributed by atoms with Crippen LogP contribution < -0.4 is 0 Å². The first-order valence-corrected chi connectivity index (χ1v) is 8.17. The van der Waals surface area contributed by atoms with E-state index in [0.717, 1.165) is 0 Å². The van der Waals surface area contributed by atoms with Crippen LogP contribution in [0.25, 0.3) is 0 Å². The molecule has 0 aliphatic carbocycles. The number of hydrogen-bond acceptors (Lipinski definition) is 4. The third kappa shape index (κ3) is 6.53. The molecule has 1 aliphatic heterocycles. The maximum Gasteiger partial charge on any atom is 0.0109 e. The van der Waals surface area contributed by atoms with Crippen molar-refractivity contribution in [3.05, 3.63) is 0 Å². The molecule has 1 rings (SSSR count). The number of nitrogens with zero attached hydrogens (tertiary/aromatic N) is 4. The van der Waals surface area contributed by atoms with Crippen LogP contribution in [-0.4, -0.2) is 99.1 Å². The summed E-state index contributed by atoms with van der Waals surface area (Å²) in [4.78, 5) is 9.97. The zero-order valence-electron chi connectivity index (χ0n) is 14.6. The summed E-state index contributed by atoms with van der Waals surface area (Å²) < 4.78 is 0. The summed E-state index contributed by atoms with van der Waals surface area (Å²) in [6.45, 7) is 11.8. The molecule has 0 bridgehead atoms. The molecule has 4 heteroatoms. The Balaban J connectivity index is 2.55. The van der Waals surface area contributed by atoms with Crippen molar-refractivity contribution >= 4 is 0 Å². The Morgan fingerprint density at radius 2 is 0.900 bits per heavy atom. The van der Waals surface area contributed by atoms with Crippen molar-refractivity contribution in [2.45, 2.75) is 38.8 Å². The molecule has 120 valence electrons. The van der Waals surface area contributed by atoms with E-state index in [1.54, 1.807) is 0 Å². The minimum Gasteiger partial charge on any atom is -0.305 e. The fourth-order valence-corrected chi connectivity index (χ4v) is 2.58. The Morgan fingerprint density at radius 1 is 0.550 bits per heavy atom. The van der Waals surface area contributed by atoms with Gasteiger partial charge in [0.05, 0.1) is 0 Å². The fourth-order valence-electron chi connectivity index (χ4n) is 2.58. The van der Waals surface area contributed by atoms with Crippen molar-refractivity contribution in [1.29, 1.82) is 0 Å². The third-order valence-corrected chi connectivity index (χ3v) is 5.03. The van der Waals surface area contributed by atoms with E-state index in [-0.39, 0.29) is 0 Å². The first-order chi connectivity index (χ1) is 9.40. The predicted molar refractivity (Wildman–Crippen MR) is 88.4 cm³/mol. The van der Waals surface area contributed by atoms with E-state index in [9.17, 15) is 0 Å². The molecule has 0 aromatic carbocycles. The average molecular weight is 284 g/mol. The molecule has 1 heterocycles. The van der Waals surface area contributed by atoms with Gasteiger partial charge in [0, 0.05) is 38.3 Å². The van der Waals surface area contributed by atoms with E-state index in [4.69, 9.17) is 0 Å². The molecule has 0 aromatic rings. The smallest absolute Gasteiger partial charge is 0.0109 e. The molecular weight excluding hydrogens is 248 g/mol. The second-order valence-corrected chi connectivity index (χ2v) is 6.84. The van der Waals surface area contributed by atoms with Crippen LogP contribution in [0.1, 0.15) is 26.7 Å². The minimum absolute atomic E-state index is 0.672. The van der Waals surface area contributed by atoms with Crippen molar-refractivity contribution in [1.82, 2.24) is 19.6 Å². The minimum atomic E-state index is 0.672. The topological polar surface area (TPSA) is 13.0 Å². The van der Waals surface area contributed by atoms with Crippen molar-refractivity contribution in [3.8, 4) is 0 Å². The van der Waals surface area contributed by atoms with Crippen LogP contribution in [-0.2, 0) is 0 Å². The van der Waals surface area contributed by atoms with Crippen LogP contribution in [0.15, 0.2) is 0 Å². The van der Waals surface area contributed by atoms with E-state index in [0.29, 0.717) is 12.1 Å². The number of hydrogen-bond donors (Lipinski definition) is 0. The third-order valence-electron chi connectivity index (χ3n) is 5.03. The van der Waals surface area contributed by atoms with Gasteiger partial charge in [0.2, 0.25) is 0 Å². The summed E-state index contributed by atoms with van der Waals surface area (Å²) >= 11 is 0. The Morgan fingerprint density at radius 3 is 1.25 bits per heavy atom. The number of likely N-dealkylation sites (N-methyl/N-ethyl adjacent to an activating group) is 4. The quantitative estimate of drug-likeness (QED) is 0.664. The van der Waals surface area contributed by atoms with E-state index in [1.807, 2.05) is 0 Å². The van der Waals surface area contributed by atoms with Crippen LogP contribution in [0.5, 0.6) is 0 Å². The first kappa shape index (κ1) is 17.9. The molecular formula is C16H36N4. The lowest BCUT2D eigenvalue weighted by Gasteiger charge is -2.32. The molecule has 4 nitrogen and oxygen atoms in total. The molecule has 1 fully saturated rings. The standard InChI is InChI=1S/C16H36N4/c1-15-7-9-17(3)12-14-20(6)16(2)8-10-18(4)11-13-19(15)5/h15-16H,7-14H2,1-6H3/t15-,16+. The summed E-state index contributed by atoms with van der Waals surface area (Å²) in [6.07, 6.45) is 2.52. The Labute approximate surface area is 126 Å². The van der Waals surface area contributed by atoms with Crippen LogP contribution in [0, 0.1) is 0 Å². The van der Waals surface area contributed by atoms with Crippen molar-refractivity contribution < 1.29 is 0 Å². The Hall–Kier alpha value is -0.160. The summed E-state index contributed by atoms with van der Waals surface area (Å²) in [5.74, 6) is 0. The lowest BCUT2D eigenvalue weighted by molar-refractivity contribution is 0.156. The molecule has 0 aromatic heterocycles. The van der Waals surface area contributed by atoms with Gasteiger partial charge >= 0.3 is 0 Å². The largest absolute Gasteiger partial charge is 0.305 e. The first-order valence-electron chi connectivity index (χ1n) is 8.17. The highest BCUT2D eigenvalue weighted by molar-refractivity contribution is 4.71. The van der Waals surface area contributed by atoms with Gasteiger partial charge in [0.15, 0.2) is 0 Å². The summed E-state index contributed by atoms with van der Waals surface area (Å²) in [5, 5.41) is 0. The summed E-state index contributed by atoms with van der Waals surface area (Å²) in [6, 6.07) is 1.34. The molecule has 0 amide bonds. The Kier molecular flexibility index (Phi) is 8.03. The van der Waals surface area contributed by atoms with Gasteiger partial charge in [-0.05, 0) is 68.0 Å². The molecule has 0 radical (unpaired) electrons. The lowest BCUT2D eigenvalue weighted by atomic mass is 10.1. The zero-order chi connectivity index (χ0) is 15.1. The second kappa shape index (κ2) is 8.98. The van der Waals surface area contributed by atoms with Gasteiger partial charge in [-0.2, -0.15) is 0 Å². The SMILES string of the molecule is C[C@@H]1CCN(C)CCN(C)[C@@H](C)CCN(C)CCN1C. The maximum atomic E-state index is 2.51. The predicted octanol–water partition coefficient (Wildman–Crippen LogP) is 1.28. The van der Waals surface area contributed by atoms with Gasteiger partial charge in [-0.15, -0.1) is 0 Å². The van der Waals surface area contributed by atoms with Crippen LogP contribution in [0.2, 0.25) is 0 Å². The highest BCUT2D eigenvalue weighted by Gasteiger charge is 2.15.